The average molecular weight is 255 g/mol. The van der Waals surface area contributed by atoms with Gasteiger partial charge in [-0.25, -0.2) is 4.39 Å². The molecule has 1 aromatic carbocycles. The standard InChI is InChI=1S/C14H22FNO2/c1-6-14(2,18-5)13(16-3)11-9-10(15)7-8-12(11)17-4/h7-9,13,16H,6H2,1-5H3. The minimum Gasteiger partial charge on any atom is -0.496 e. The number of likely N-dealkylation sites (N-methyl/N-ethyl adjacent to an activating group) is 1. The quantitative estimate of drug-likeness (QED) is 0.847. The minimum atomic E-state index is -0.421. The molecule has 0 saturated carbocycles. The van der Waals surface area contributed by atoms with Crippen LogP contribution in [0.2, 0.25) is 0 Å². The molecule has 0 aliphatic rings. The van der Waals surface area contributed by atoms with E-state index in [-0.39, 0.29) is 11.9 Å². The molecule has 1 rings (SSSR count). The Hall–Kier alpha value is -1.13. The maximum Gasteiger partial charge on any atom is 0.123 e. The predicted molar refractivity (Wildman–Crippen MR) is 70.5 cm³/mol. The summed E-state index contributed by atoms with van der Waals surface area (Å²) in [6.07, 6.45) is 0.800. The van der Waals surface area contributed by atoms with Gasteiger partial charge in [0.15, 0.2) is 0 Å². The summed E-state index contributed by atoms with van der Waals surface area (Å²) in [4.78, 5) is 0. The molecule has 4 heteroatoms. The SMILES string of the molecule is CCC(C)(OC)C(NC)c1cc(F)ccc1OC. The molecule has 102 valence electrons. The van der Waals surface area contributed by atoms with Crippen LogP contribution in [-0.4, -0.2) is 26.9 Å². The Kier molecular flexibility index (Phi) is 5.11. The number of ether oxygens (including phenoxy) is 2. The van der Waals surface area contributed by atoms with Gasteiger partial charge in [0.2, 0.25) is 0 Å². The Labute approximate surface area is 108 Å². The molecule has 0 radical (unpaired) electrons. The first-order chi connectivity index (χ1) is 8.52. The topological polar surface area (TPSA) is 30.5 Å². The van der Waals surface area contributed by atoms with Crippen molar-refractivity contribution in [3.8, 4) is 5.75 Å². The molecule has 18 heavy (non-hydrogen) atoms. The van der Waals surface area contributed by atoms with E-state index in [0.717, 1.165) is 12.0 Å². The van der Waals surface area contributed by atoms with Gasteiger partial charge < -0.3 is 14.8 Å². The van der Waals surface area contributed by atoms with Crippen LogP contribution in [0.25, 0.3) is 0 Å². The van der Waals surface area contributed by atoms with Gasteiger partial charge >= 0.3 is 0 Å². The fourth-order valence-electron chi connectivity index (χ4n) is 2.19. The van der Waals surface area contributed by atoms with Crippen LogP contribution in [0.3, 0.4) is 0 Å². The van der Waals surface area contributed by atoms with Gasteiger partial charge in [-0.15, -0.1) is 0 Å². The van der Waals surface area contributed by atoms with Crippen molar-refractivity contribution in [1.82, 2.24) is 5.32 Å². The fraction of sp³-hybridized carbons (Fsp3) is 0.571. The second-order valence-electron chi connectivity index (χ2n) is 4.48. The fourth-order valence-corrected chi connectivity index (χ4v) is 2.19. The van der Waals surface area contributed by atoms with Gasteiger partial charge in [-0.05, 0) is 38.6 Å². The number of methoxy groups -OCH3 is 2. The van der Waals surface area contributed by atoms with Crippen LogP contribution in [0.15, 0.2) is 18.2 Å². The largest absolute Gasteiger partial charge is 0.496 e. The van der Waals surface area contributed by atoms with E-state index in [0.29, 0.717) is 5.75 Å². The third-order valence-corrected chi connectivity index (χ3v) is 3.57. The molecule has 1 N–H and O–H groups in total. The van der Waals surface area contributed by atoms with Gasteiger partial charge in [0.25, 0.3) is 0 Å². The maximum atomic E-state index is 13.5. The van der Waals surface area contributed by atoms with E-state index in [1.54, 1.807) is 20.3 Å². The summed E-state index contributed by atoms with van der Waals surface area (Å²) in [6, 6.07) is 4.39. The van der Waals surface area contributed by atoms with Crippen molar-refractivity contribution < 1.29 is 13.9 Å². The Morgan fingerprint density at radius 2 is 2.06 bits per heavy atom. The van der Waals surface area contributed by atoms with Crippen LogP contribution in [0.4, 0.5) is 4.39 Å². The van der Waals surface area contributed by atoms with Crippen LogP contribution in [-0.2, 0) is 4.74 Å². The zero-order valence-electron chi connectivity index (χ0n) is 11.7. The summed E-state index contributed by atoms with van der Waals surface area (Å²) in [7, 11) is 5.08. The van der Waals surface area contributed by atoms with Crippen molar-refractivity contribution in [2.24, 2.45) is 0 Å². The van der Waals surface area contributed by atoms with Crippen molar-refractivity contribution in [1.29, 1.82) is 0 Å². The van der Waals surface area contributed by atoms with Crippen molar-refractivity contribution >= 4 is 0 Å². The Bertz CT molecular complexity index is 391. The average Bonchev–Trinajstić information content (AvgIpc) is 2.39. The minimum absolute atomic E-state index is 0.141. The molecule has 1 aromatic rings. The van der Waals surface area contributed by atoms with E-state index < -0.39 is 5.60 Å². The zero-order chi connectivity index (χ0) is 13.8. The van der Waals surface area contributed by atoms with Gasteiger partial charge in [-0.2, -0.15) is 0 Å². The van der Waals surface area contributed by atoms with E-state index in [1.165, 1.54) is 12.1 Å². The second kappa shape index (κ2) is 6.16. The van der Waals surface area contributed by atoms with Crippen molar-refractivity contribution in [3.63, 3.8) is 0 Å². The summed E-state index contributed by atoms with van der Waals surface area (Å²) < 4.78 is 24.4. The van der Waals surface area contributed by atoms with Crippen molar-refractivity contribution in [3.05, 3.63) is 29.6 Å². The molecule has 0 amide bonds. The van der Waals surface area contributed by atoms with E-state index >= 15 is 0 Å². The smallest absolute Gasteiger partial charge is 0.123 e. The van der Waals surface area contributed by atoms with Gasteiger partial charge in [0.05, 0.1) is 18.8 Å². The van der Waals surface area contributed by atoms with E-state index in [4.69, 9.17) is 9.47 Å². The number of hydrogen-bond acceptors (Lipinski definition) is 3. The molecule has 0 fully saturated rings. The monoisotopic (exact) mass is 255 g/mol. The third kappa shape index (κ3) is 2.82. The first-order valence-corrected chi connectivity index (χ1v) is 6.08. The molecule has 2 unspecified atom stereocenters. The highest BCUT2D eigenvalue weighted by molar-refractivity contribution is 5.38. The number of rotatable bonds is 6. The van der Waals surface area contributed by atoms with Crippen LogP contribution < -0.4 is 10.1 Å². The normalized spacial score (nSPS) is 16.1. The number of halogens is 1. The molecular weight excluding hydrogens is 233 g/mol. The Balaban J connectivity index is 3.27. The molecule has 0 spiro atoms. The second-order valence-corrected chi connectivity index (χ2v) is 4.48. The zero-order valence-corrected chi connectivity index (χ0v) is 11.7. The Morgan fingerprint density at radius 1 is 1.39 bits per heavy atom. The van der Waals surface area contributed by atoms with Crippen LogP contribution in [0.5, 0.6) is 5.75 Å². The molecule has 0 aliphatic carbocycles. The van der Waals surface area contributed by atoms with Gasteiger partial charge in [0.1, 0.15) is 11.6 Å². The van der Waals surface area contributed by atoms with Crippen LogP contribution in [0, 0.1) is 5.82 Å². The Morgan fingerprint density at radius 3 is 2.50 bits per heavy atom. The molecule has 0 aliphatic heterocycles. The van der Waals surface area contributed by atoms with E-state index in [1.807, 2.05) is 20.9 Å². The van der Waals surface area contributed by atoms with Crippen LogP contribution in [0.1, 0.15) is 31.9 Å². The number of benzene rings is 1. The van der Waals surface area contributed by atoms with Gasteiger partial charge in [-0.3, -0.25) is 0 Å². The molecule has 2 atom stereocenters. The lowest BCUT2D eigenvalue weighted by molar-refractivity contribution is -0.0286. The van der Waals surface area contributed by atoms with E-state index in [9.17, 15) is 4.39 Å². The summed E-state index contributed by atoms with van der Waals surface area (Å²) >= 11 is 0. The first kappa shape index (κ1) is 14.9. The van der Waals surface area contributed by atoms with E-state index in [2.05, 4.69) is 5.32 Å². The highest BCUT2D eigenvalue weighted by atomic mass is 19.1. The van der Waals surface area contributed by atoms with Gasteiger partial charge in [0, 0.05) is 12.7 Å². The third-order valence-electron chi connectivity index (χ3n) is 3.57. The van der Waals surface area contributed by atoms with Crippen molar-refractivity contribution in [2.75, 3.05) is 21.3 Å². The molecule has 0 aromatic heterocycles. The number of hydrogen-bond donors (Lipinski definition) is 1. The number of nitrogens with one attached hydrogen (secondary N) is 1. The van der Waals surface area contributed by atoms with Crippen molar-refractivity contribution in [2.45, 2.75) is 31.9 Å². The summed E-state index contributed by atoms with van der Waals surface area (Å²) in [5.41, 5.74) is 0.349. The molecule has 0 heterocycles. The molecular formula is C14H22FNO2. The van der Waals surface area contributed by atoms with Gasteiger partial charge in [-0.1, -0.05) is 6.92 Å². The first-order valence-electron chi connectivity index (χ1n) is 6.08. The lowest BCUT2D eigenvalue weighted by atomic mass is 9.87. The lowest BCUT2D eigenvalue weighted by Crippen LogP contribution is -2.41. The predicted octanol–water partition coefficient (Wildman–Crippen LogP) is 2.91. The molecule has 0 saturated heterocycles. The highest BCUT2D eigenvalue weighted by Crippen LogP contribution is 2.36. The molecule has 0 bridgehead atoms. The maximum absolute atomic E-state index is 13.5. The summed E-state index contributed by atoms with van der Waals surface area (Å²) in [5.74, 6) is 0.382. The molecule has 3 nitrogen and oxygen atoms in total. The summed E-state index contributed by atoms with van der Waals surface area (Å²) in [6.45, 7) is 4.04. The lowest BCUT2D eigenvalue weighted by Gasteiger charge is -2.36. The highest BCUT2D eigenvalue weighted by Gasteiger charge is 2.34. The summed E-state index contributed by atoms with van der Waals surface area (Å²) in [5, 5.41) is 3.19. The van der Waals surface area contributed by atoms with Crippen LogP contribution >= 0.6 is 0 Å².